The van der Waals surface area contributed by atoms with Crippen molar-refractivity contribution in [2.75, 3.05) is 0 Å². The first kappa shape index (κ1) is 15.9. The zero-order valence-electron chi connectivity index (χ0n) is 8.02. The van der Waals surface area contributed by atoms with Crippen LogP contribution in [0.1, 0.15) is 13.8 Å². The third-order valence-corrected chi connectivity index (χ3v) is 7.23. The van der Waals surface area contributed by atoms with Gasteiger partial charge in [0, 0.05) is 0 Å². The predicted molar refractivity (Wildman–Crippen MR) is 57.8 cm³/mol. The van der Waals surface area contributed by atoms with Gasteiger partial charge in [-0.15, -0.1) is 0 Å². The van der Waals surface area contributed by atoms with Crippen molar-refractivity contribution in [1.82, 2.24) is 0 Å². The van der Waals surface area contributed by atoms with Gasteiger partial charge in [0.05, 0.1) is 0 Å². The van der Waals surface area contributed by atoms with Crippen LogP contribution in [0.4, 0.5) is 0 Å². The van der Waals surface area contributed by atoms with Gasteiger partial charge in [0.1, 0.15) is 0 Å². The molecule has 0 aliphatic carbocycles. The van der Waals surface area contributed by atoms with E-state index in [1.807, 2.05) is 0 Å². The molecule has 98 valence electrons. The fourth-order valence-corrected chi connectivity index (χ4v) is 4.99. The summed E-state index contributed by atoms with van der Waals surface area (Å²) in [4.78, 5) is 61.5. The van der Waals surface area contributed by atoms with Gasteiger partial charge in [-0.1, -0.05) is 0 Å². The standard InChI is InChI=1S/C3H17O9P3/c1-3(2)13(4,5)11-15(9,10)12-14(6,7)8/h3-10,13-15H,1-2H3. The fourth-order valence-electron chi connectivity index (χ4n) is 0.513. The third-order valence-electron chi connectivity index (χ3n) is 1.31. The van der Waals surface area contributed by atoms with E-state index in [1.54, 1.807) is 0 Å². The van der Waals surface area contributed by atoms with Crippen molar-refractivity contribution in [3.05, 3.63) is 0 Å². The van der Waals surface area contributed by atoms with Gasteiger partial charge in [0.25, 0.3) is 0 Å². The van der Waals surface area contributed by atoms with Crippen molar-refractivity contribution >= 4 is 24.3 Å². The molecule has 0 radical (unpaired) electrons. The second-order valence-corrected chi connectivity index (χ2v) is 9.49. The summed E-state index contributed by atoms with van der Waals surface area (Å²) in [5, 5.41) is 0. The number of rotatable bonds is 5. The van der Waals surface area contributed by atoms with Crippen molar-refractivity contribution in [3.63, 3.8) is 0 Å². The van der Waals surface area contributed by atoms with Crippen molar-refractivity contribution in [1.29, 1.82) is 0 Å². The summed E-state index contributed by atoms with van der Waals surface area (Å²) >= 11 is 0. The maximum absolute atomic E-state index is 9.20. The summed E-state index contributed by atoms with van der Waals surface area (Å²) in [5.74, 6) is 0. The Morgan fingerprint density at radius 3 is 1.47 bits per heavy atom. The van der Waals surface area contributed by atoms with E-state index >= 15 is 0 Å². The fraction of sp³-hybridized carbons (Fsp3) is 1.00. The van der Waals surface area contributed by atoms with Crippen LogP contribution >= 0.6 is 24.3 Å². The van der Waals surface area contributed by atoms with E-state index in [9.17, 15) is 9.79 Å². The normalized spacial score (nSPS) is 18.0. The topological polar surface area (TPSA) is 160 Å². The van der Waals surface area contributed by atoms with Gasteiger partial charge in [-0.2, -0.15) is 0 Å². The molecule has 12 heteroatoms. The van der Waals surface area contributed by atoms with Crippen molar-refractivity contribution in [3.8, 4) is 0 Å². The first-order valence-corrected chi connectivity index (χ1v) is 9.17. The van der Waals surface area contributed by atoms with Crippen LogP contribution in [0.3, 0.4) is 0 Å². The Kier molecular flexibility index (Phi) is 5.37. The minimum atomic E-state index is -5.19. The second-order valence-electron chi connectivity index (χ2n) is 3.14. The first-order valence-electron chi connectivity index (χ1n) is 3.83. The predicted octanol–water partition coefficient (Wildman–Crippen LogP) is -1.31. The van der Waals surface area contributed by atoms with Crippen LogP contribution < -0.4 is 0 Å². The van der Waals surface area contributed by atoms with E-state index in [2.05, 4.69) is 8.62 Å². The quantitative estimate of drug-likeness (QED) is 0.305. The van der Waals surface area contributed by atoms with Gasteiger partial charge in [0.15, 0.2) is 0 Å². The molecule has 0 heterocycles. The Morgan fingerprint density at radius 2 is 1.20 bits per heavy atom. The van der Waals surface area contributed by atoms with E-state index in [1.165, 1.54) is 13.8 Å². The zero-order chi connectivity index (χ0) is 12.5. The SMILES string of the molecule is CC(C)[PH](O)(O)O[PH](O)(O)O[PH](O)(O)O. The van der Waals surface area contributed by atoms with Crippen LogP contribution in [0.15, 0.2) is 0 Å². The van der Waals surface area contributed by atoms with Crippen LogP contribution in [0.5, 0.6) is 0 Å². The Labute approximate surface area is 87.5 Å². The summed E-state index contributed by atoms with van der Waals surface area (Å²) in [6.45, 7) is 2.69. The Bertz CT molecular complexity index is 209. The third kappa shape index (κ3) is 6.97. The molecular formula is C3H17O9P3. The molecule has 0 rings (SSSR count). The minimum absolute atomic E-state index is 0.806. The van der Waals surface area contributed by atoms with Crippen LogP contribution in [0, 0.1) is 0 Å². The number of hydrogen-bond donors (Lipinski definition) is 7. The second kappa shape index (κ2) is 5.06. The molecule has 0 bridgehead atoms. The van der Waals surface area contributed by atoms with Crippen molar-refractivity contribution in [2.24, 2.45) is 0 Å². The van der Waals surface area contributed by atoms with Crippen LogP contribution in [-0.2, 0) is 8.62 Å². The van der Waals surface area contributed by atoms with Crippen molar-refractivity contribution in [2.45, 2.75) is 19.5 Å². The Hall–Kier alpha value is 0.930. The number of hydrogen-bond acceptors (Lipinski definition) is 9. The first-order chi connectivity index (χ1) is 6.36. The molecule has 15 heavy (non-hydrogen) atoms. The van der Waals surface area contributed by atoms with Gasteiger partial charge in [-0.3, -0.25) is 0 Å². The average molecular weight is 290 g/mol. The van der Waals surface area contributed by atoms with Crippen molar-refractivity contribution < 1.29 is 42.9 Å². The van der Waals surface area contributed by atoms with Gasteiger partial charge < -0.3 is 0 Å². The van der Waals surface area contributed by atoms with E-state index in [0.717, 1.165) is 0 Å². The molecule has 0 aliphatic heterocycles. The Morgan fingerprint density at radius 1 is 0.800 bits per heavy atom. The zero-order valence-corrected chi connectivity index (χ0v) is 11.0. The van der Waals surface area contributed by atoms with E-state index in [-0.39, 0.29) is 0 Å². The summed E-state index contributed by atoms with van der Waals surface area (Å²) < 4.78 is 7.75. The summed E-state index contributed by atoms with van der Waals surface area (Å²) in [7, 11) is -14.7. The van der Waals surface area contributed by atoms with Crippen LogP contribution in [0.2, 0.25) is 0 Å². The molecule has 0 aromatic heterocycles. The van der Waals surface area contributed by atoms with Crippen LogP contribution in [-0.4, -0.2) is 39.9 Å². The molecule has 0 amide bonds. The molecule has 0 aliphatic rings. The molecule has 7 N–H and O–H groups in total. The monoisotopic (exact) mass is 290 g/mol. The van der Waals surface area contributed by atoms with Gasteiger partial charge in [-0.25, -0.2) is 0 Å². The summed E-state index contributed by atoms with van der Waals surface area (Å²) in [5.41, 5.74) is -0.806. The molecule has 9 nitrogen and oxygen atoms in total. The van der Waals surface area contributed by atoms with Gasteiger partial charge in [-0.05, 0) is 0 Å². The molecule has 0 spiro atoms. The van der Waals surface area contributed by atoms with Gasteiger partial charge >= 0.3 is 86.7 Å². The van der Waals surface area contributed by atoms with Gasteiger partial charge in [0.2, 0.25) is 0 Å². The van der Waals surface area contributed by atoms with E-state index in [4.69, 9.17) is 24.5 Å². The molecular weight excluding hydrogens is 273 g/mol. The molecule has 0 saturated heterocycles. The average Bonchev–Trinajstić information content (AvgIpc) is 1.75. The summed E-state index contributed by atoms with van der Waals surface area (Å²) in [6, 6.07) is 0. The molecule has 0 aromatic rings. The molecule has 0 aromatic carbocycles. The van der Waals surface area contributed by atoms with E-state index < -0.39 is 29.9 Å². The summed E-state index contributed by atoms with van der Waals surface area (Å²) in [6.07, 6.45) is 0. The molecule has 0 fully saturated rings. The molecule has 0 saturated carbocycles. The molecule has 0 unspecified atom stereocenters. The van der Waals surface area contributed by atoms with E-state index in [0.29, 0.717) is 0 Å². The Balaban J connectivity index is 4.51. The van der Waals surface area contributed by atoms with Crippen LogP contribution in [0.25, 0.3) is 0 Å². The maximum atomic E-state index is 9.20. The molecule has 0 atom stereocenters.